The van der Waals surface area contributed by atoms with Crippen LogP contribution < -0.4 is 9.47 Å². The van der Waals surface area contributed by atoms with Crippen LogP contribution in [0.2, 0.25) is 0 Å². The lowest BCUT2D eigenvalue weighted by molar-refractivity contribution is -0.0512. The van der Waals surface area contributed by atoms with Gasteiger partial charge in [0.2, 0.25) is 10.0 Å². The van der Waals surface area contributed by atoms with E-state index in [2.05, 4.69) is 0 Å². The van der Waals surface area contributed by atoms with Crippen LogP contribution in [0, 0.1) is 0 Å². The predicted molar refractivity (Wildman–Crippen MR) is 128 cm³/mol. The number of nitrogens with zero attached hydrogens (tertiary/aromatic N) is 2. The number of ether oxygens (including phenoxy) is 3. The van der Waals surface area contributed by atoms with Crippen molar-refractivity contribution < 1.29 is 36.5 Å². The first-order chi connectivity index (χ1) is 17.3. The molecular formula is C25H28F2N2O6S. The second-order valence-electron chi connectivity index (χ2n) is 9.13. The van der Waals surface area contributed by atoms with Gasteiger partial charge in [-0.25, -0.2) is 8.42 Å². The van der Waals surface area contributed by atoms with Gasteiger partial charge in [-0.1, -0.05) is 12.1 Å². The lowest BCUT2D eigenvalue weighted by Crippen LogP contribution is -2.40. The molecule has 1 N–H and O–H groups in total. The summed E-state index contributed by atoms with van der Waals surface area (Å²) in [5.74, 6) is -0.0238. The molecule has 1 saturated carbocycles. The van der Waals surface area contributed by atoms with Gasteiger partial charge in [0.15, 0.2) is 11.5 Å². The molecule has 3 unspecified atom stereocenters. The summed E-state index contributed by atoms with van der Waals surface area (Å²) in [7, 11) is -2.27. The number of benzene rings is 2. The quantitative estimate of drug-likeness (QED) is 0.626. The Morgan fingerprint density at radius 3 is 2.50 bits per heavy atom. The molecule has 194 valence electrons. The summed E-state index contributed by atoms with van der Waals surface area (Å²) >= 11 is 0. The van der Waals surface area contributed by atoms with Crippen molar-refractivity contribution in [3.63, 3.8) is 0 Å². The SMILES string of the molecule is COc1cc2c(cc1OC(F)F)C(c1ccc(S(=O)(=O)N3CCOCC3)cc1)=NC1CCC(O)CC21. The van der Waals surface area contributed by atoms with Gasteiger partial charge in [-0.3, -0.25) is 4.99 Å². The van der Waals surface area contributed by atoms with Crippen LogP contribution in [0.4, 0.5) is 8.78 Å². The standard InChI is InChI=1S/C25H28F2N2O6S/c1-33-22-13-18-19-12-16(30)4-7-21(19)28-24(20(18)14-23(22)35-25(26)27)15-2-5-17(6-3-15)36(31,32)29-8-10-34-11-9-29/h2-3,5-6,13-14,16,19,21,25,30H,4,7-12H2,1H3. The number of aliphatic hydroxyl groups excluding tert-OH is 1. The van der Waals surface area contributed by atoms with Crippen molar-refractivity contribution in [2.24, 2.45) is 4.99 Å². The van der Waals surface area contributed by atoms with E-state index < -0.39 is 22.7 Å². The zero-order chi connectivity index (χ0) is 25.4. The summed E-state index contributed by atoms with van der Waals surface area (Å²) in [5, 5.41) is 10.3. The molecule has 8 nitrogen and oxygen atoms in total. The van der Waals surface area contributed by atoms with Crippen molar-refractivity contribution in [1.82, 2.24) is 4.31 Å². The molecule has 36 heavy (non-hydrogen) atoms. The molecule has 3 aliphatic rings. The third kappa shape index (κ3) is 4.72. The first-order valence-corrected chi connectivity index (χ1v) is 13.3. The van der Waals surface area contributed by atoms with E-state index in [0.29, 0.717) is 62.4 Å². The number of morpholine rings is 1. The second-order valence-corrected chi connectivity index (χ2v) is 11.1. The Balaban J connectivity index is 1.55. The molecule has 3 atom stereocenters. The molecule has 2 fully saturated rings. The molecule has 2 heterocycles. The first kappa shape index (κ1) is 25.1. The number of halogens is 2. The topological polar surface area (TPSA) is 97.7 Å². The van der Waals surface area contributed by atoms with Crippen LogP contribution in [-0.4, -0.2) is 75.7 Å². The minimum atomic E-state index is -3.66. The van der Waals surface area contributed by atoms with Crippen LogP contribution in [-0.2, 0) is 14.8 Å². The van der Waals surface area contributed by atoms with Crippen molar-refractivity contribution in [3.8, 4) is 11.5 Å². The fourth-order valence-electron chi connectivity index (χ4n) is 5.24. The number of methoxy groups -OCH3 is 1. The molecule has 0 radical (unpaired) electrons. The van der Waals surface area contributed by atoms with Crippen LogP contribution in [0.1, 0.15) is 41.9 Å². The van der Waals surface area contributed by atoms with Gasteiger partial charge < -0.3 is 19.3 Å². The van der Waals surface area contributed by atoms with Crippen LogP contribution in [0.3, 0.4) is 0 Å². The molecular weight excluding hydrogens is 494 g/mol. The Labute approximate surface area is 208 Å². The molecule has 0 aromatic heterocycles. The molecule has 0 spiro atoms. The molecule has 1 saturated heterocycles. The average Bonchev–Trinajstić information content (AvgIpc) is 2.88. The van der Waals surface area contributed by atoms with Crippen molar-refractivity contribution in [2.75, 3.05) is 33.4 Å². The summed E-state index contributed by atoms with van der Waals surface area (Å²) in [5.41, 5.74) is 2.67. The third-order valence-corrected chi connectivity index (χ3v) is 8.94. The number of hydrogen-bond donors (Lipinski definition) is 1. The lowest BCUT2D eigenvalue weighted by atomic mass is 9.74. The Hall–Kier alpha value is -2.60. The lowest BCUT2D eigenvalue weighted by Gasteiger charge is -2.37. The summed E-state index contributed by atoms with van der Waals surface area (Å²) in [6.07, 6.45) is 1.33. The number of hydrogen-bond acceptors (Lipinski definition) is 7. The number of sulfonamides is 1. The van der Waals surface area contributed by atoms with E-state index in [-0.39, 0.29) is 28.4 Å². The zero-order valence-electron chi connectivity index (χ0n) is 19.8. The maximum absolute atomic E-state index is 13.1. The number of aliphatic imine (C=N–C) groups is 1. The highest BCUT2D eigenvalue weighted by Gasteiger charge is 2.37. The summed E-state index contributed by atoms with van der Waals surface area (Å²) < 4.78 is 69.0. The molecule has 2 aliphatic heterocycles. The summed E-state index contributed by atoms with van der Waals surface area (Å²) in [6.45, 7) is -1.72. The largest absolute Gasteiger partial charge is 0.493 e. The van der Waals surface area contributed by atoms with Gasteiger partial charge in [0, 0.05) is 30.1 Å². The first-order valence-electron chi connectivity index (χ1n) is 11.9. The van der Waals surface area contributed by atoms with Gasteiger partial charge in [0.05, 0.1) is 43.1 Å². The van der Waals surface area contributed by atoms with E-state index in [1.165, 1.54) is 17.5 Å². The van der Waals surface area contributed by atoms with Crippen molar-refractivity contribution in [3.05, 3.63) is 53.1 Å². The third-order valence-electron chi connectivity index (χ3n) is 7.02. The van der Waals surface area contributed by atoms with Crippen molar-refractivity contribution in [2.45, 2.75) is 48.8 Å². The second kappa shape index (κ2) is 10.0. The van der Waals surface area contributed by atoms with Gasteiger partial charge in [-0.05, 0) is 49.1 Å². The maximum atomic E-state index is 13.1. The summed E-state index contributed by atoms with van der Waals surface area (Å²) in [4.78, 5) is 5.12. The number of aliphatic hydroxyl groups is 1. The van der Waals surface area contributed by atoms with Crippen LogP contribution in [0.25, 0.3) is 0 Å². The normalized spacial score (nSPS) is 24.6. The fraction of sp³-hybridized carbons (Fsp3) is 0.480. The zero-order valence-corrected chi connectivity index (χ0v) is 20.6. The van der Waals surface area contributed by atoms with Crippen molar-refractivity contribution >= 4 is 15.7 Å². The Morgan fingerprint density at radius 1 is 1.11 bits per heavy atom. The van der Waals surface area contributed by atoms with Crippen LogP contribution in [0.15, 0.2) is 46.3 Å². The molecule has 0 amide bonds. The fourth-order valence-corrected chi connectivity index (χ4v) is 6.65. The van der Waals surface area contributed by atoms with E-state index in [4.69, 9.17) is 19.2 Å². The molecule has 5 rings (SSSR count). The van der Waals surface area contributed by atoms with E-state index in [1.54, 1.807) is 30.3 Å². The van der Waals surface area contributed by atoms with E-state index in [9.17, 15) is 22.3 Å². The monoisotopic (exact) mass is 522 g/mol. The van der Waals surface area contributed by atoms with Crippen LogP contribution >= 0.6 is 0 Å². The van der Waals surface area contributed by atoms with Gasteiger partial charge >= 0.3 is 6.61 Å². The highest BCUT2D eigenvalue weighted by atomic mass is 32.2. The van der Waals surface area contributed by atoms with Gasteiger partial charge in [-0.15, -0.1) is 0 Å². The van der Waals surface area contributed by atoms with Crippen molar-refractivity contribution in [1.29, 1.82) is 0 Å². The van der Waals surface area contributed by atoms with Gasteiger partial charge in [-0.2, -0.15) is 13.1 Å². The Bertz CT molecular complexity index is 1250. The molecule has 1 aliphatic carbocycles. The number of alkyl halides is 2. The van der Waals surface area contributed by atoms with E-state index in [1.807, 2.05) is 0 Å². The Morgan fingerprint density at radius 2 is 1.83 bits per heavy atom. The van der Waals surface area contributed by atoms with Gasteiger partial charge in [0.1, 0.15) is 0 Å². The maximum Gasteiger partial charge on any atom is 0.387 e. The predicted octanol–water partition coefficient (Wildman–Crippen LogP) is 3.17. The van der Waals surface area contributed by atoms with E-state index >= 15 is 0 Å². The number of fused-ring (bicyclic) bond motifs is 3. The minimum Gasteiger partial charge on any atom is -0.493 e. The molecule has 11 heteroatoms. The molecule has 0 bridgehead atoms. The van der Waals surface area contributed by atoms with Crippen LogP contribution in [0.5, 0.6) is 11.5 Å². The number of rotatable bonds is 6. The highest BCUT2D eigenvalue weighted by molar-refractivity contribution is 7.89. The van der Waals surface area contributed by atoms with Gasteiger partial charge in [0.25, 0.3) is 0 Å². The summed E-state index contributed by atoms with van der Waals surface area (Å²) in [6, 6.07) is 9.54. The highest BCUT2D eigenvalue weighted by Crippen LogP contribution is 2.45. The minimum absolute atomic E-state index is 0.0945. The molecule has 2 aromatic rings. The average molecular weight is 523 g/mol. The smallest absolute Gasteiger partial charge is 0.387 e. The van der Waals surface area contributed by atoms with E-state index in [0.717, 1.165) is 5.56 Å². The molecule has 2 aromatic carbocycles. The Kier molecular flexibility index (Phi) is 6.99.